The largest absolute Gasteiger partial charge is 0.358 e. The smallest absolute Gasteiger partial charge is 0.189 e. The summed E-state index contributed by atoms with van der Waals surface area (Å²) in [7, 11) is 0. The number of hydrogen-bond donors (Lipinski definition) is 1. The van der Waals surface area contributed by atoms with Crippen LogP contribution in [0.2, 0.25) is 0 Å². The van der Waals surface area contributed by atoms with Crippen LogP contribution in [0, 0.1) is 11.6 Å². The van der Waals surface area contributed by atoms with Gasteiger partial charge in [-0.2, -0.15) is 0 Å². The Bertz CT molecular complexity index is 575. The lowest BCUT2D eigenvalue weighted by Gasteiger charge is -2.02. The highest BCUT2D eigenvalue weighted by molar-refractivity contribution is 5.78. The first kappa shape index (κ1) is 9.83. The van der Waals surface area contributed by atoms with E-state index in [1.165, 1.54) is 6.07 Å². The van der Waals surface area contributed by atoms with Crippen LogP contribution >= 0.6 is 0 Å². The molecule has 0 saturated carbocycles. The van der Waals surface area contributed by atoms with E-state index in [1.54, 1.807) is 0 Å². The normalized spacial score (nSPS) is 10.9. The average molecular weight is 209 g/mol. The van der Waals surface area contributed by atoms with Crippen LogP contribution in [0.4, 0.5) is 8.78 Å². The molecule has 1 aromatic heterocycles. The molecule has 0 saturated heterocycles. The van der Waals surface area contributed by atoms with Crippen molar-refractivity contribution in [1.29, 1.82) is 0 Å². The average Bonchev–Trinajstić information content (AvgIpc) is 2.21. The molecule has 0 bridgehead atoms. The Kier molecular flexibility index (Phi) is 2.26. The van der Waals surface area contributed by atoms with Gasteiger partial charge in [0.1, 0.15) is 0 Å². The Balaban J connectivity index is 2.86. The second-order valence-electron chi connectivity index (χ2n) is 3.32. The van der Waals surface area contributed by atoms with Gasteiger partial charge in [0.2, 0.25) is 0 Å². The van der Waals surface area contributed by atoms with Gasteiger partial charge in [-0.3, -0.25) is 4.79 Å². The maximum atomic E-state index is 12.9. The standard InChI is InChI=1S/C11H9F2NO/c1-2-6-3-11(15)7-4-8(12)9(13)5-10(7)14-6/h3-5H,2H2,1H3,(H,14,15). The minimum absolute atomic E-state index is 0.172. The van der Waals surface area contributed by atoms with Crippen molar-refractivity contribution in [2.24, 2.45) is 0 Å². The van der Waals surface area contributed by atoms with Gasteiger partial charge in [0.25, 0.3) is 0 Å². The van der Waals surface area contributed by atoms with Crippen molar-refractivity contribution in [3.8, 4) is 0 Å². The van der Waals surface area contributed by atoms with E-state index in [4.69, 9.17) is 0 Å². The quantitative estimate of drug-likeness (QED) is 0.768. The lowest BCUT2D eigenvalue weighted by atomic mass is 10.1. The molecule has 0 radical (unpaired) electrons. The summed E-state index contributed by atoms with van der Waals surface area (Å²) in [5.74, 6) is -1.95. The Morgan fingerprint density at radius 1 is 1.20 bits per heavy atom. The molecule has 2 aromatic rings. The Labute approximate surface area is 84.6 Å². The first-order chi connectivity index (χ1) is 7.11. The third-order valence-corrected chi connectivity index (χ3v) is 2.31. The monoisotopic (exact) mass is 209 g/mol. The number of benzene rings is 1. The van der Waals surface area contributed by atoms with Crippen LogP contribution in [0.1, 0.15) is 12.6 Å². The molecule has 0 spiro atoms. The first-order valence-corrected chi connectivity index (χ1v) is 4.62. The zero-order chi connectivity index (χ0) is 11.0. The van der Waals surface area contributed by atoms with Gasteiger partial charge >= 0.3 is 0 Å². The van der Waals surface area contributed by atoms with Crippen molar-refractivity contribution in [2.75, 3.05) is 0 Å². The molecular formula is C11H9F2NO. The third-order valence-electron chi connectivity index (χ3n) is 2.31. The van der Waals surface area contributed by atoms with E-state index in [-0.39, 0.29) is 10.8 Å². The summed E-state index contributed by atoms with van der Waals surface area (Å²) in [6.07, 6.45) is 0.643. The van der Waals surface area contributed by atoms with Gasteiger partial charge in [0, 0.05) is 23.2 Å². The molecule has 0 aliphatic heterocycles. The molecule has 0 amide bonds. The molecular weight excluding hydrogens is 200 g/mol. The molecule has 4 heteroatoms. The highest BCUT2D eigenvalue weighted by atomic mass is 19.2. The number of halogens is 2. The van der Waals surface area contributed by atoms with E-state index >= 15 is 0 Å². The Hall–Kier alpha value is -1.71. The molecule has 1 N–H and O–H groups in total. The molecule has 0 atom stereocenters. The van der Waals surface area contributed by atoms with Crippen LogP contribution in [-0.4, -0.2) is 4.98 Å². The fourth-order valence-electron chi connectivity index (χ4n) is 1.49. The number of pyridine rings is 1. The number of nitrogens with one attached hydrogen (secondary N) is 1. The summed E-state index contributed by atoms with van der Waals surface area (Å²) >= 11 is 0. The molecule has 1 heterocycles. The summed E-state index contributed by atoms with van der Waals surface area (Å²) < 4.78 is 25.8. The predicted molar refractivity (Wildman–Crippen MR) is 53.9 cm³/mol. The van der Waals surface area contributed by atoms with Gasteiger partial charge < -0.3 is 4.98 Å². The predicted octanol–water partition coefficient (Wildman–Crippen LogP) is 2.37. The number of aromatic amines is 1. The Morgan fingerprint density at radius 3 is 2.53 bits per heavy atom. The third kappa shape index (κ3) is 1.63. The number of rotatable bonds is 1. The molecule has 0 aliphatic rings. The maximum absolute atomic E-state index is 12.9. The minimum atomic E-state index is -1.00. The zero-order valence-corrected chi connectivity index (χ0v) is 8.10. The molecule has 0 fully saturated rings. The highest BCUT2D eigenvalue weighted by Gasteiger charge is 2.07. The summed E-state index contributed by atoms with van der Waals surface area (Å²) in [6.45, 7) is 1.87. The zero-order valence-electron chi connectivity index (χ0n) is 8.10. The summed E-state index contributed by atoms with van der Waals surface area (Å²) in [4.78, 5) is 14.4. The van der Waals surface area contributed by atoms with E-state index in [0.717, 1.165) is 12.1 Å². The molecule has 2 nitrogen and oxygen atoms in total. The fourth-order valence-corrected chi connectivity index (χ4v) is 1.49. The fraction of sp³-hybridized carbons (Fsp3) is 0.182. The number of aromatic nitrogens is 1. The van der Waals surface area contributed by atoms with Crippen LogP contribution in [0.5, 0.6) is 0 Å². The van der Waals surface area contributed by atoms with E-state index < -0.39 is 11.6 Å². The van der Waals surface area contributed by atoms with Gasteiger partial charge in [0.05, 0.1) is 5.52 Å². The minimum Gasteiger partial charge on any atom is -0.358 e. The SMILES string of the molecule is CCc1cc(=O)c2cc(F)c(F)cc2[nH]1. The summed E-state index contributed by atoms with van der Waals surface area (Å²) in [5, 5.41) is 0.172. The number of hydrogen-bond acceptors (Lipinski definition) is 1. The van der Waals surface area contributed by atoms with Crippen LogP contribution in [-0.2, 0) is 6.42 Å². The van der Waals surface area contributed by atoms with E-state index in [1.807, 2.05) is 6.92 Å². The van der Waals surface area contributed by atoms with Gasteiger partial charge in [-0.25, -0.2) is 8.78 Å². The summed E-state index contributed by atoms with van der Waals surface area (Å²) in [5.41, 5.74) is 0.747. The second kappa shape index (κ2) is 3.46. The van der Waals surface area contributed by atoms with Crippen molar-refractivity contribution in [1.82, 2.24) is 4.98 Å². The molecule has 2 rings (SSSR count). The maximum Gasteiger partial charge on any atom is 0.189 e. The molecule has 0 unspecified atom stereocenters. The van der Waals surface area contributed by atoms with Gasteiger partial charge in [0.15, 0.2) is 17.1 Å². The lowest BCUT2D eigenvalue weighted by molar-refractivity contribution is 0.510. The van der Waals surface area contributed by atoms with Crippen molar-refractivity contribution in [2.45, 2.75) is 13.3 Å². The van der Waals surface area contributed by atoms with E-state index in [0.29, 0.717) is 17.6 Å². The molecule has 78 valence electrons. The van der Waals surface area contributed by atoms with Gasteiger partial charge in [-0.1, -0.05) is 6.92 Å². The van der Waals surface area contributed by atoms with Crippen LogP contribution < -0.4 is 5.43 Å². The van der Waals surface area contributed by atoms with Crippen molar-refractivity contribution in [3.63, 3.8) is 0 Å². The topological polar surface area (TPSA) is 32.9 Å². The summed E-state index contributed by atoms with van der Waals surface area (Å²) in [6, 6.07) is 3.33. The van der Waals surface area contributed by atoms with Crippen molar-refractivity contribution in [3.05, 3.63) is 45.8 Å². The number of fused-ring (bicyclic) bond motifs is 1. The van der Waals surface area contributed by atoms with E-state index in [2.05, 4.69) is 4.98 Å². The lowest BCUT2D eigenvalue weighted by Crippen LogP contribution is -2.05. The number of aryl methyl sites for hydroxylation is 1. The number of H-pyrrole nitrogens is 1. The van der Waals surface area contributed by atoms with E-state index in [9.17, 15) is 13.6 Å². The van der Waals surface area contributed by atoms with Crippen molar-refractivity contribution < 1.29 is 8.78 Å². The molecule has 15 heavy (non-hydrogen) atoms. The highest BCUT2D eigenvalue weighted by Crippen LogP contribution is 2.14. The molecule has 0 aliphatic carbocycles. The van der Waals surface area contributed by atoms with Crippen LogP contribution in [0.3, 0.4) is 0 Å². The van der Waals surface area contributed by atoms with Gasteiger partial charge in [-0.05, 0) is 12.5 Å². The first-order valence-electron chi connectivity index (χ1n) is 4.62. The van der Waals surface area contributed by atoms with Crippen LogP contribution in [0.25, 0.3) is 10.9 Å². The van der Waals surface area contributed by atoms with Crippen molar-refractivity contribution >= 4 is 10.9 Å². The Morgan fingerprint density at radius 2 is 1.87 bits per heavy atom. The van der Waals surface area contributed by atoms with Gasteiger partial charge in [-0.15, -0.1) is 0 Å². The van der Waals surface area contributed by atoms with Crippen LogP contribution in [0.15, 0.2) is 23.0 Å². The second-order valence-corrected chi connectivity index (χ2v) is 3.32. The molecule has 1 aromatic carbocycles.